The van der Waals surface area contributed by atoms with E-state index in [0.717, 1.165) is 11.1 Å². The number of benzene rings is 2. The van der Waals surface area contributed by atoms with Crippen molar-refractivity contribution in [3.63, 3.8) is 0 Å². The van der Waals surface area contributed by atoms with E-state index in [1.165, 1.54) is 4.90 Å². The lowest BCUT2D eigenvalue weighted by Gasteiger charge is -2.23. The van der Waals surface area contributed by atoms with E-state index in [-0.39, 0.29) is 12.0 Å². The molecular formula is C17H17N3O4S. The predicted octanol–water partition coefficient (Wildman–Crippen LogP) is 2.66. The fourth-order valence-electron chi connectivity index (χ4n) is 2.02. The molecule has 0 aliphatic carbocycles. The highest BCUT2D eigenvalue weighted by Crippen LogP contribution is 2.18. The molecular weight excluding hydrogens is 342 g/mol. The molecule has 8 heteroatoms. The van der Waals surface area contributed by atoms with E-state index in [1.54, 1.807) is 31.3 Å². The normalized spacial score (nSPS) is 16.0. The lowest BCUT2D eigenvalue weighted by atomic mass is 10.2. The van der Waals surface area contributed by atoms with Crippen LogP contribution in [-0.2, 0) is 10.2 Å². The number of rotatable bonds is 2. The van der Waals surface area contributed by atoms with Crippen molar-refractivity contribution in [2.24, 2.45) is 8.80 Å². The first-order valence-corrected chi connectivity index (χ1v) is 8.90. The molecule has 130 valence electrons. The smallest absolute Gasteiger partial charge is 0.372 e. The average molecular weight is 359 g/mol. The van der Waals surface area contributed by atoms with Gasteiger partial charge in [-0.25, -0.2) is 0 Å². The Hall–Kier alpha value is -2.87. The second-order valence-electron chi connectivity index (χ2n) is 5.58. The number of hydrogen-bond acceptors (Lipinski definition) is 5. The molecule has 0 bridgehead atoms. The van der Waals surface area contributed by atoms with Crippen LogP contribution in [0.2, 0.25) is 0 Å². The summed E-state index contributed by atoms with van der Waals surface area (Å²) in [6.07, 6.45) is 0. The largest absolute Gasteiger partial charge is 0.425 e. The van der Waals surface area contributed by atoms with Crippen LogP contribution in [0.1, 0.15) is 11.1 Å². The second-order valence-corrected chi connectivity index (χ2v) is 6.85. The minimum atomic E-state index is -4.09. The van der Waals surface area contributed by atoms with Crippen LogP contribution in [0.3, 0.4) is 0 Å². The molecule has 3 rings (SSSR count). The van der Waals surface area contributed by atoms with Crippen LogP contribution < -0.4 is 9.47 Å². The van der Waals surface area contributed by atoms with Crippen molar-refractivity contribution in [2.45, 2.75) is 13.8 Å². The maximum atomic E-state index is 11.9. The first-order chi connectivity index (χ1) is 11.8. The van der Waals surface area contributed by atoms with Crippen LogP contribution in [0, 0.1) is 13.8 Å². The highest BCUT2D eigenvalue weighted by Gasteiger charge is 2.28. The third kappa shape index (κ3) is 4.16. The van der Waals surface area contributed by atoms with Crippen molar-refractivity contribution >= 4 is 22.3 Å². The van der Waals surface area contributed by atoms with E-state index in [0.29, 0.717) is 11.5 Å². The van der Waals surface area contributed by atoms with Gasteiger partial charge in [0.05, 0.1) is 0 Å². The van der Waals surface area contributed by atoms with Crippen LogP contribution >= 0.6 is 0 Å². The van der Waals surface area contributed by atoms with Crippen molar-refractivity contribution in [1.29, 1.82) is 0 Å². The summed E-state index contributed by atoms with van der Waals surface area (Å²) in [4.78, 5) is 1.33. The van der Waals surface area contributed by atoms with Gasteiger partial charge in [0, 0.05) is 7.05 Å². The monoisotopic (exact) mass is 359 g/mol. The zero-order valence-electron chi connectivity index (χ0n) is 14.0. The third-order valence-electron chi connectivity index (χ3n) is 3.42. The molecule has 25 heavy (non-hydrogen) atoms. The number of ether oxygens (including phenoxy) is 2. The molecule has 2 aromatic rings. The molecule has 0 saturated heterocycles. The van der Waals surface area contributed by atoms with E-state index in [9.17, 15) is 8.42 Å². The van der Waals surface area contributed by atoms with Gasteiger partial charge in [-0.2, -0.15) is 8.42 Å². The Labute approximate surface area is 146 Å². The highest BCUT2D eigenvalue weighted by atomic mass is 32.2. The molecule has 0 saturated carbocycles. The predicted molar refractivity (Wildman–Crippen MR) is 95.2 cm³/mol. The number of amidine groups is 2. The summed E-state index contributed by atoms with van der Waals surface area (Å²) in [5, 5.41) is 0. The second kappa shape index (κ2) is 6.56. The van der Waals surface area contributed by atoms with E-state index in [1.807, 2.05) is 38.1 Å². The Kier molecular flexibility index (Phi) is 4.45. The first-order valence-electron chi connectivity index (χ1n) is 7.50. The van der Waals surface area contributed by atoms with Crippen molar-refractivity contribution in [3.05, 3.63) is 59.7 Å². The van der Waals surface area contributed by atoms with Gasteiger partial charge in [0.25, 0.3) is 0 Å². The highest BCUT2D eigenvalue weighted by molar-refractivity contribution is 7.89. The van der Waals surface area contributed by atoms with Crippen molar-refractivity contribution in [2.75, 3.05) is 7.05 Å². The van der Waals surface area contributed by atoms with Gasteiger partial charge in [0.15, 0.2) is 0 Å². The van der Waals surface area contributed by atoms with Crippen molar-refractivity contribution in [3.8, 4) is 11.5 Å². The molecule has 0 radical (unpaired) electrons. The molecule has 1 heterocycles. The zero-order chi connectivity index (χ0) is 18.0. The standard InChI is InChI=1S/C17H17N3O4S/c1-12-4-8-14(9-5-12)23-16-18-25(21,22)19-17(20(16)3)24-15-10-6-13(2)7-11-15/h4-11H,1-3H3. The molecule has 1 aliphatic rings. The fraction of sp³-hybridized carbons (Fsp3) is 0.176. The third-order valence-corrected chi connectivity index (χ3v) is 4.19. The topological polar surface area (TPSA) is 80.6 Å². The summed E-state index contributed by atoms with van der Waals surface area (Å²) < 4.78 is 42.1. The Morgan fingerprint density at radius 2 is 1.12 bits per heavy atom. The number of nitrogens with zero attached hydrogens (tertiary/aromatic N) is 3. The maximum absolute atomic E-state index is 11.9. The summed E-state index contributed by atoms with van der Waals surface area (Å²) in [6, 6.07) is 14.0. The first kappa shape index (κ1) is 17.0. The summed E-state index contributed by atoms with van der Waals surface area (Å²) in [5.74, 6) is 0.922. The van der Waals surface area contributed by atoms with Crippen molar-refractivity contribution in [1.82, 2.24) is 4.90 Å². The van der Waals surface area contributed by atoms with E-state index >= 15 is 0 Å². The Morgan fingerprint density at radius 3 is 1.48 bits per heavy atom. The van der Waals surface area contributed by atoms with Crippen LogP contribution in [0.25, 0.3) is 0 Å². The molecule has 0 amide bonds. The lowest BCUT2D eigenvalue weighted by Crippen LogP contribution is -2.43. The fourth-order valence-corrected chi connectivity index (χ4v) is 2.77. The van der Waals surface area contributed by atoms with E-state index in [4.69, 9.17) is 9.47 Å². The number of hydrogen-bond donors (Lipinski definition) is 0. The van der Waals surface area contributed by atoms with Gasteiger partial charge < -0.3 is 9.47 Å². The van der Waals surface area contributed by atoms with Crippen LogP contribution in [0.4, 0.5) is 0 Å². The van der Waals surface area contributed by atoms with Crippen molar-refractivity contribution < 1.29 is 17.9 Å². The van der Waals surface area contributed by atoms with Crippen LogP contribution in [0.5, 0.6) is 11.5 Å². The zero-order valence-corrected chi connectivity index (χ0v) is 14.8. The van der Waals surface area contributed by atoms with Gasteiger partial charge in [-0.1, -0.05) is 44.2 Å². The maximum Gasteiger partial charge on any atom is 0.372 e. The summed E-state index contributed by atoms with van der Waals surface area (Å²) in [6.45, 7) is 3.89. The van der Waals surface area contributed by atoms with E-state index < -0.39 is 10.2 Å². The van der Waals surface area contributed by atoms with Crippen LogP contribution in [-0.4, -0.2) is 32.4 Å². The molecule has 0 aromatic heterocycles. The summed E-state index contributed by atoms with van der Waals surface area (Å²) in [5.41, 5.74) is 2.12. The molecule has 0 atom stereocenters. The Balaban J connectivity index is 1.85. The Morgan fingerprint density at radius 1 is 0.760 bits per heavy atom. The molecule has 0 N–H and O–H groups in total. The molecule has 0 fully saturated rings. The van der Waals surface area contributed by atoms with Gasteiger partial charge in [-0.3, -0.25) is 4.90 Å². The molecule has 0 spiro atoms. The Bertz CT molecular complexity index is 861. The van der Waals surface area contributed by atoms with Gasteiger partial charge in [0.2, 0.25) is 0 Å². The summed E-state index contributed by atoms with van der Waals surface area (Å²) >= 11 is 0. The van der Waals surface area contributed by atoms with Gasteiger partial charge in [-0.15, -0.1) is 0 Å². The number of aryl methyl sites for hydroxylation is 2. The molecule has 0 unspecified atom stereocenters. The summed E-state index contributed by atoms with van der Waals surface area (Å²) in [7, 11) is -2.52. The van der Waals surface area contributed by atoms with E-state index in [2.05, 4.69) is 8.80 Å². The van der Waals surface area contributed by atoms with Gasteiger partial charge in [-0.05, 0) is 38.1 Å². The minimum absolute atomic E-state index is 0.138. The minimum Gasteiger partial charge on any atom is -0.425 e. The average Bonchev–Trinajstić information content (AvgIpc) is 2.55. The lowest BCUT2D eigenvalue weighted by molar-refractivity contribution is 0.408. The molecule has 7 nitrogen and oxygen atoms in total. The van der Waals surface area contributed by atoms with Gasteiger partial charge >= 0.3 is 22.3 Å². The van der Waals surface area contributed by atoms with Gasteiger partial charge in [0.1, 0.15) is 11.5 Å². The SMILES string of the molecule is Cc1ccc(OC2=NS(=O)(=O)N=C(Oc3ccc(C)cc3)N2C)cc1. The van der Waals surface area contributed by atoms with Crippen LogP contribution in [0.15, 0.2) is 57.3 Å². The quantitative estimate of drug-likeness (QED) is 0.823. The molecule has 1 aliphatic heterocycles. The molecule has 2 aromatic carbocycles.